The third-order valence-electron chi connectivity index (χ3n) is 3.47. The largest absolute Gasteiger partial charge is 0.337 e. The maximum atomic E-state index is 12.3. The second kappa shape index (κ2) is 6.37. The molecule has 0 spiro atoms. The molecule has 110 valence electrons. The van der Waals surface area contributed by atoms with Gasteiger partial charge in [-0.05, 0) is 37.2 Å². The van der Waals surface area contributed by atoms with E-state index in [0.29, 0.717) is 12.1 Å². The van der Waals surface area contributed by atoms with Crippen LogP contribution in [0.2, 0.25) is 0 Å². The van der Waals surface area contributed by atoms with Crippen molar-refractivity contribution in [3.8, 4) is 0 Å². The third-order valence-corrected chi connectivity index (χ3v) is 5.22. The molecule has 20 heavy (non-hydrogen) atoms. The Morgan fingerprint density at radius 2 is 1.90 bits per heavy atom. The Bertz CT molecular complexity index is 559. The molecule has 1 aliphatic heterocycles. The van der Waals surface area contributed by atoms with E-state index in [-0.39, 0.29) is 16.6 Å². The van der Waals surface area contributed by atoms with Crippen molar-refractivity contribution >= 4 is 15.7 Å². The normalized spacial score (nSPS) is 16.8. The van der Waals surface area contributed by atoms with Crippen molar-refractivity contribution in [2.24, 2.45) is 0 Å². The van der Waals surface area contributed by atoms with Gasteiger partial charge in [-0.15, -0.1) is 0 Å². The first kappa shape index (κ1) is 15.0. The maximum Gasteiger partial charge on any atom is 0.253 e. The van der Waals surface area contributed by atoms with E-state index in [0.717, 1.165) is 26.1 Å². The van der Waals surface area contributed by atoms with Gasteiger partial charge >= 0.3 is 0 Å². The van der Waals surface area contributed by atoms with Crippen LogP contribution in [-0.4, -0.2) is 51.2 Å². The fourth-order valence-electron chi connectivity index (χ4n) is 2.20. The summed E-state index contributed by atoms with van der Waals surface area (Å²) in [6.45, 7) is 4.76. The van der Waals surface area contributed by atoms with Crippen molar-refractivity contribution in [3.63, 3.8) is 0 Å². The van der Waals surface area contributed by atoms with Crippen LogP contribution in [0.5, 0.6) is 0 Å². The molecule has 5 nitrogen and oxygen atoms in total. The molecule has 0 bridgehead atoms. The summed E-state index contributed by atoms with van der Waals surface area (Å²) < 4.78 is 23.5. The number of amides is 1. The number of nitrogens with zero attached hydrogens (tertiary/aromatic N) is 1. The highest BCUT2D eigenvalue weighted by Crippen LogP contribution is 2.14. The van der Waals surface area contributed by atoms with Gasteiger partial charge in [0.25, 0.3) is 5.91 Å². The second-order valence-corrected chi connectivity index (χ2v) is 7.10. The Hall–Kier alpha value is -1.40. The molecule has 1 heterocycles. The van der Waals surface area contributed by atoms with E-state index in [9.17, 15) is 13.2 Å². The Balaban J connectivity index is 2.15. The van der Waals surface area contributed by atoms with Crippen molar-refractivity contribution in [3.05, 3.63) is 29.8 Å². The highest BCUT2D eigenvalue weighted by molar-refractivity contribution is 7.91. The monoisotopic (exact) mass is 296 g/mol. The lowest BCUT2D eigenvalue weighted by Gasteiger charge is -2.20. The van der Waals surface area contributed by atoms with Crippen molar-refractivity contribution in [1.82, 2.24) is 10.2 Å². The summed E-state index contributed by atoms with van der Waals surface area (Å²) in [5.41, 5.74) is 0.543. The van der Waals surface area contributed by atoms with E-state index < -0.39 is 9.84 Å². The minimum absolute atomic E-state index is 0.0332. The van der Waals surface area contributed by atoms with Gasteiger partial charge in [0.2, 0.25) is 0 Å². The minimum atomic E-state index is -3.21. The van der Waals surface area contributed by atoms with E-state index in [1.54, 1.807) is 19.1 Å². The first-order valence-electron chi connectivity index (χ1n) is 6.87. The molecule has 1 aliphatic rings. The van der Waals surface area contributed by atoms with E-state index in [1.165, 1.54) is 12.1 Å². The number of carbonyl (C=O) groups is 1. The van der Waals surface area contributed by atoms with E-state index >= 15 is 0 Å². The van der Waals surface area contributed by atoms with Crippen LogP contribution >= 0.6 is 0 Å². The highest BCUT2D eigenvalue weighted by Gasteiger charge is 2.18. The van der Waals surface area contributed by atoms with Crippen LogP contribution in [0.1, 0.15) is 23.7 Å². The molecule has 1 N–H and O–H groups in total. The predicted molar refractivity (Wildman–Crippen MR) is 77.6 cm³/mol. The molecular weight excluding hydrogens is 276 g/mol. The van der Waals surface area contributed by atoms with Crippen molar-refractivity contribution in [2.45, 2.75) is 18.2 Å². The van der Waals surface area contributed by atoms with Crippen LogP contribution in [-0.2, 0) is 9.84 Å². The van der Waals surface area contributed by atoms with Gasteiger partial charge in [0.15, 0.2) is 9.84 Å². The number of sulfone groups is 1. The lowest BCUT2D eigenvalue weighted by Crippen LogP contribution is -2.34. The van der Waals surface area contributed by atoms with Gasteiger partial charge < -0.3 is 10.2 Å². The van der Waals surface area contributed by atoms with Gasteiger partial charge in [-0.25, -0.2) is 8.42 Å². The van der Waals surface area contributed by atoms with Crippen LogP contribution < -0.4 is 5.32 Å². The first-order chi connectivity index (χ1) is 9.54. The minimum Gasteiger partial charge on any atom is -0.337 e. The average molecular weight is 296 g/mol. The smallest absolute Gasteiger partial charge is 0.253 e. The van der Waals surface area contributed by atoms with Crippen LogP contribution in [0.25, 0.3) is 0 Å². The summed E-state index contributed by atoms with van der Waals surface area (Å²) in [5, 5.41) is 3.25. The standard InChI is InChI=1S/C14H20N2O3S/c1-2-20(18,19)13-6-4-12(5-7-13)14(17)16-10-3-8-15-9-11-16/h4-7,15H,2-3,8-11H2,1H3. The van der Waals surface area contributed by atoms with Crippen molar-refractivity contribution < 1.29 is 13.2 Å². The van der Waals surface area contributed by atoms with Crippen LogP contribution in [0.15, 0.2) is 29.2 Å². The van der Waals surface area contributed by atoms with Crippen molar-refractivity contribution in [1.29, 1.82) is 0 Å². The Labute approximate surface area is 119 Å². The molecule has 1 saturated heterocycles. The first-order valence-corrected chi connectivity index (χ1v) is 8.52. The summed E-state index contributed by atoms with van der Waals surface area (Å²) in [5.74, 6) is 0.0343. The van der Waals surface area contributed by atoms with Gasteiger partial charge in [0, 0.05) is 25.2 Å². The van der Waals surface area contributed by atoms with Crippen molar-refractivity contribution in [2.75, 3.05) is 31.9 Å². The van der Waals surface area contributed by atoms with E-state index in [4.69, 9.17) is 0 Å². The van der Waals surface area contributed by atoms with Crippen LogP contribution in [0, 0.1) is 0 Å². The van der Waals surface area contributed by atoms with Crippen LogP contribution in [0.3, 0.4) is 0 Å². The number of carbonyl (C=O) groups excluding carboxylic acids is 1. The molecule has 1 aromatic carbocycles. The van der Waals surface area contributed by atoms with Gasteiger partial charge in [-0.3, -0.25) is 4.79 Å². The fourth-order valence-corrected chi connectivity index (χ4v) is 3.09. The summed E-state index contributed by atoms with van der Waals surface area (Å²) >= 11 is 0. The lowest BCUT2D eigenvalue weighted by molar-refractivity contribution is 0.0766. The molecule has 0 aliphatic carbocycles. The Kier molecular flexibility index (Phi) is 4.77. The number of hydrogen-bond acceptors (Lipinski definition) is 4. The molecule has 1 fully saturated rings. The van der Waals surface area contributed by atoms with E-state index in [2.05, 4.69) is 5.32 Å². The number of benzene rings is 1. The maximum absolute atomic E-state index is 12.3. The van der Waals surface area contributed by atoms with Crippen LogP contribution in [0.4, 0.5) is 0 Å². The number of rotatable bonds is 3. The fraction of sp³-hybridized carbons (Fsp3) is 0.500. The molecule has 6 heteroatoms. The topological polar surface area (TPSA) is 66.5 Å². The lowest BCUT2D eigenvalue weighted by atomic mass is 10.2. The van der Waals surface area contributed by atoms with Gasteiger partial charge in [-0.1, -0.05) is 6.92 Å². The SMILES string of the molecule is CCS(=O)(=O)c1ccc(C(=O)N2CCCNCC2)cc1. The molecule has 0 aromatic heterocycles. The van der Waals surface area contributed by atoms with Gasteiger partial charge in [0.1, 0.15) is 0 Å². The predicted octanol–water partition coefficient (Wildman–Crippen LogP) is 0.916. The van der Waals surface area contributed by atoms with Gasteiger partial charge in [0.05, 0.1) is 10.6 Å². The molecular formula is C14H20N2O3S. The molecule has 0 unspecified atom stereocenters. The third kappa shape index (κ3) is 3.37. The van der Waals surface area contributed by atoms with E-state index in [1.807, 2.05) is 4.90 Å². The Morgan fingerprint density at radius 1 is 1.20 bits per heavy atom. The molecule has 0 saturated carbocycles. The number of hydrogen-bond donors (Lipinski definition) is 1. The molecule has 0 atom stereocenters. The molecule has 1 aromatic rings. The summed E-state index contributed by atoms with van der Waals surface area (Å²) in [6, 6.07) is 6.23. The number of nitrogens with one attached hydrogen (secondary N) is 1. The molecule has 2 rings (SSSR count). The average Bonchev–Trinajstić information content (AvgIpc) is 2.75. The molecule has 0 radical (unpaired) electrons. The summed E-state index contributed by atoms with van der Waals surface area (Å²) in [7, 11) is -3.21. The zero-order valence-electron chi connectivity index (χ0n) is 11.6. The molecule has 1 amide bonds. The summed E-state index contributed by atoms with van der Waals surface area (Å²) in [4.78, 5) is 14.4. The van der Waals surface area contributed by atoms with Gasteiger partial charge in [-0.2, -0.15) is 0 Å². The summed E-state index contributed by atoms with van der Waals surface area (Å²) in [6.07, 6.45) is 0.939. The highest BCUT2D eigenvalue weighted by atomic mass is 32.2. The zero-order chi connectivity index (χ0) is 14.6. The quantitative estimate of drug-likeness (QED) is 0.900. The Morgan fingerprint density at radius 3 is 2.55 bits per heavy atom. The second-order valence-electron chi connectivity index (χ2n) is 4.82. The zero-order valence-corrected chi connectivity index (χ0v) is 12.4.